The highest BCUT2D eigenvalue weighted by Crippen LogP contribution is 2.33. The number of hydrogen-bond acceptors (Lipinski definition) is 3. The summed E-state index contributed by atoms with van der Waals surface area (Å²) in [6.07, 6.45) is 1.50. The third-order valence-electron chi connectivity index (χ3n) is 5.42. The van der Waals surface area contributed by atoms with E-state index in [0.29, 0.717) is 36.3 Å². The summed E-state index contributed by atoms with van der Waals surface area (Å²) in [7, 11) is 0. The van der Waals surface area contributed by atoms with Gasteiger partial charge >= 0.3 is 0 Å². The number of carbonyl (C=O) groups is 3. The highest BCUT2D eigenvalue weighted by Gasteiger charge is 2.41. The molecule has 2 aliphatic heterocycles. The van der Waals surface area contributed by atoms with Crippen LogP contribution in [0.4, 0.5) is 5.69 Å². The molecule has 6 nitrogen and oxygen atoms in total. The quantitative estimate of drug-likeness (QED) is 0.890. The van der Waals surface area contributed by atoms with Gasteiger partial charge in [-0.15, -0.1) is 0 Å². The third kappa shape index (κ3) is 3.05. The van der Waals surface area contributed by atoms with E-state index in [4.69, 9.17) is 0 Å². The number of hydrogen-bond donors (Lipinski definition) is 1. The number of para-hydroxylation sites is 1. The largest absolute Gasteiger partial charge is 0.352 e. The Morgan fingerprint density at radius 3 is 2.68 bits per heavy atom. The Morgan fingerprint density at radius 1 is 1.11 bits per heavy atom. The molecule has 1 atom stereocenters. The Hall–Kier alpha value is -3.15. The molecule has 0 saturated carbocycles. The van der Waals surface area contributed by atoms with Crippen molar-refractivity contribution in [1.29, 1.82) is 0 Å². The fourth-order valence-corrected chi connectivity index (χ4v) is 4.08. The fraction of sp³-hybridized carbons (Fsp3) is 0.318. The molecule has 0 bridgehead atoms. The standard InChI is InChI=1S/C22H23N3O3/c1-2-23-20(26)16-9-4-3-8-15(16)14-25-18-11-6-5-10-17(18)21(27)24-13-7-12-19(24)22(25)28/h3-6,8-11,19H,2,7,12-14H2,1H3,(H,23,26). The van der Waals surface area contributed by atoms with E-state index in [1.165, 1.54) is 0 Å². The summed E-state index contributed by atoms with van der Waals surface area (Å²) >= 11 is 0. The molecular formula is C22H23N3O3. The summed E-state index contributed by atoms with van der Waals surface area (Å²) in [5, 5.41) is 2.82. The highest BCUT2D eigenvalue weighted by molar-refractivity contribution is 6.11. The van der Waals surface area contributed by atoms with Crippen molar-refractivity contribution in [2.24, 2.45) is 0 Å². The van der Waals surface area contributed by atoms with E-state index >= 15 is 0 Å². The van der Waals surface area contributed by atoms with Crippen LogP contribution in [0.5, 0.6) is 0 Å². The minimum atomic E-state index is -0.434. The Balaban J connectivity index is 1.77. The van der Waals surface area contributed by atoms with Crippen LogP contribution in [0.15, 0.2) is 48.5 Å². The van der Waals surface area contributed by atoms with E-state index in [1.807, 2.05) is 43.3 Å². The molecular weight excluding hydrogens is 354 g/mol. The first-order chi connectivity index (χ1) is 13.6. The van der Waals surface area contributed by atoms with E-state index in [1.54, 1.807) is 21.9 Å². The number of rotatable bonds is 4. The lowest BCUT2D eigenvalue weighted by Gasteiger charge is -2.26. The average Bonchev–Trinajstić information content (AvgIpc) is 3.19. The molecule has 0 spiro atoms. The van der Waals surface area contributed by atoms with E-state index in [0.717, 1.165) is 12.0 Å². The Kier molecular flexibility index (Phi) is 4.86. The summed E-state index contributed by atoms with van der Waals surface area (Å²) < 4.78 is 0. The first-order valence-corrected chi connectivity index (χ1v) is 9.69. The predicted octanol–water partition coefficient (Wildman–Crippen LogP) is 2.59. The van der Waals surface area contributed by atoms with Crippen molar-refractivity contribution in [3.63, 3.8) is 0 Å². The maximum absolute atomic E-state index is 13.4. The smallest absolute Gasteiger partial charge is 0.256 e. The molecule has 4 rings (SSSR count). The monoisotopic (exact) mass is 377 g/mol. The molecule has 2 aromatic rings. The second-order valence-electron chi connectivity index (χ2n) is 7.11. The summed E-state index contributed by atoms with van der Waals surface area (Å²) in [5.41, 5.74) is 2.46. The first-order valence-electron chi connectivity index (χ1n) is 9.69. The molecule has 0 radical (unpaired) electrons. The van der Waals surface area contributed by atoms with Gasteiger partial charge in [-0.2, -0.15) is 0 Å². The van der Waals surface area contributed by atoms with Crippen molar-refractivity contribution < 1.29 is 14.4 Å². The first kappa shape index (κ1) is 18.2. The van der Waals surface area contributed by atoms with Crippen LogP contribution in [-0.4, -0.2) is 41.8 Å². The molecule has 6 heteroatoms. The van der Waals surface area contributed by atoms with Gasteiger partial charge in [0, 0.05) is 18.7 Å². The van der Waals surface area contributed by atoms with Crippen molar-refractivity contribution in [1.82, 2.24) is 10.2 Å². The lowest BCUT2D eigenvalue weighted by molar-refractivity contribution is -0.122. The minimum Gasteiger partial charge on any atom is -0.352 e. The van der Waals surface area contributed by atoms with Crippen molar-refractivity contribution in [2.45, 2.75) is 32.4 Å². The summed E-state index contributed by atoms with van der Waals surface area (Å²) in [6, 6.07) is 14.1. The molecule has 2 aromatic carbocycles. The Bertz CT molecular complexity index is 940. The van der Waals surface area contributed by atoms with Crippen LogP contribution in [0.25, 0.3) is 0 Å². The van der Waals surface area contributed by atoms with Crippen molar-refractivity contribution in [3.8, 4) is 0 Å². The molecule has 3 amide bonds. The summed E-state index contributed by atoms with van der Waals surface area (Å²) in [4.78, 5) is 42.2. The topological polar surface area (TPSA) is 69.7 Å². The van der Waals surface area contributed by atoms with Gasteiger partial charge in [0.25, 0.3) is 11.8 Å². The van der Waals surface area contributed by atoms with Crippen molar-refractivity contribution in [3.05, 3.63) is 65.2 Å². The number of amides is 3. The predicted molar refractivity (Wildman–Crippen MR) is 106 cm³/mol. The van der Waals surface area contributed by atoms with E-state index in [9.17, 15) is 14.4 Å². The lowest BCUT2D eigenvalue weighted by Crippen LogP contribution is -2.44. The molecule has 144 valence electrons. The van der Waals surface area contributed by atoms with Gasteiger partial charge in [-0.3, -0.25) is 14.4 Å². The molecule has 2 heterocycles. The normalized spacial score (nSPS) is 18.5. The summed E-state index contributed by atoms with van der Waals surface area (Å²) in [5.74, 6) is -0.334. The van der Waals surface area contributed by atoms with Crippen LogP contribution in [-0.2, 0) is 11.3 Å². The Labute approximate surface area is 164 Å². The minimum absolute atomic E-state index is 0.0819. The molecule has 28 heavy (non-hydrogen) atoms. The summed E-state index contributed by atoms with van der Waals surface area (Å²) in [6.45, 7) is 3.26. The molecule has 1 N–H and O–H groups in total. The van der Waals surface area contributed by atoms with Gasteiger partial charge in [0.15, 0.2) is 0 Å². The molecule has 0 aliphatic carbocycles. The zero-order valence-electron chi connectivity index (χ0n) is 15.9. The molecule has 1 saturated heterocycles. The van der Waals surface area contributed by atoms with Crippen LogP contribution >= 0.6 is 0 Å². The maximum Gasteiger partial charge on any atom is 0.256 e. The van der Waals surface area contributed by atoms with Crippen LogP contribution in [0.2, 0.25) is 0 Å². The van der Waals surface area contributed by atoms with Crippen molar-refractivity contribution in [2.75, 3.05) is 18.0 Å². The zero-order valence-corrected chi connectivity index (χ0v) is 15.9. The average molecular weight is 377 g/mol. The fourth-order valence-electron chi connectivity index (χ4n) is 4.08. The van der Waals surface area contributed by atoms with Crippen LogP contribution in [0, 0.1) is 0 Å². The number of benzene rings is 2. The zero-order chi connectivity index (χ0) is 19.7. The number of nitrogens with zero attached hydrogens (tertiary/aromatic N) is 2. The number of carbonyl (C=O) groups excluding carboxylic acids is 3. The van der Waals surface area contributed by atoms with Crippen LogP contribution in [0.3, 0.4) is 0 Å². The SMILES string of the molecule is CCNC(=O)c1ccccc1CN1C(=O)C2CCCN2C(=O)c2ccccc21. The highest BCUT2D eigenvalue weighted by atomic mass is 16.2. The van der Waals surface area contributed by atoms with E-state index in [-0.39, 0.29) is 24.3 Å². The second kappa shape index (κ2) is 7.46. The third-order valence-corrected chi connectivity index (χ3v) is 5.42. The second-order valence-corrected chi connectivity index (χ2v) is 7.11. The molecule has 1 unspecified atom stereocenters. The Morgan fingerprint density at radius 2 is 1.86 bits per heavy atom. The van der Waals surface area contributed by atoms with Gasteiger partial charge in [0.05, 0.1) is 17.8 Å². The van der Waals surface area contributed by atoms with Crippen LogP contribution < -0.4 is 10.2 Å². The van der Waals surface area contributed by atoms with Gasteiger partial charge in [-0.1, -0.05) is 30.3 Å². The van der Waals surface area contributed by atoms with Crippen molar-refractivity contribution >= 4 is 23.4 Å². The lowest BCUT2D eigenvalue weighted by atomic mass is 10.0. The van der Waals surface area contributed by atoms with Gasteiger partial charge in [-0.25, -0.2) is 0 Å². The molecule has 2 aliphatic rings. The van der Waals surface area contributed by atoms with E-state index in [2.05, 4.69) is 5.32 Å². The molecule has 0 aromatic heterocycles. The maximum atomic E-state index is 13.4. The van der Waals surface area contributed by atoms with Gasteiger partial charge in [0.1, 0.15) is 6.04 Å². The van der Waals surface area contributed by atoms with Gasteiger partial charge in [0.2, 0.25) is 5.91 Å². The van der Waals surface area contributed by atoms with Gasteiger partial charge in [-0.05, 0) is 43.5 Å². The van der Waals surface area contributed by atoms with Gasteiger partial charge < -0.3 is 15.1 Å². The van der Waals surface area contributed by atoms with E-state index < -0.39 is 6.04 Å². The van der Waals surface area contributed by atoms with Crippen LogP contribution in [0.1, 0.15) is 46.0 Å². The molecule has 1 fully saturated rings. The number of nitrogens with one attached hydrogen (secondary N) is 1. The number of anilines is 1. The number of fused-ring (bicyclic) bond motifs is 2.